The number of carboxylic acid groups (broad SMARTS) is 1. The van der Waals surface area contributed by atoms with Crippen LogP contribution in [-0.2, 0) is 4.79 Å². The molecule has 0 aromatic heterocycles. The van der Waals surface area contributed by atoms with Crippen molar-refractivity contribution < 1.29 is 19.1 Å². The van der Waals surface area contributed by atoms with Crippen molar-refractivity contribution in [1.82, 2.24) is 5.32 Å². The highest BCUT2D eigenvalue weighted by Crippen LogP contribution is 2.20. The fourth-order valence-corrected chi connectivity index (χ4v) is 1.90. The first-order chi connectivity index (χ1) is 9.19. The molecular formula is C13H16BrFN2O3. The zero-order chi connectivity index (χ0) is 15.3. The minimum atomic E-state index is -0.932. The molecule has 1 aromatic carbocycles. The lowest BCUT2D eigenvalue weighted by Gasteiger charge is -2.25. The average molecular weight is 347 g/mol. The Kier molecular flexibility index (Phi) is 5.50. The SMILES string of the molecule is CC(C)(CCC(=O)O)NC(=O)Nc1cc(Br)ccc1F. The summed E-state index contributed by atoms with van der Waals surface area (Å²) >= 11 is 3.18. The Morgan fingerprint density at radius 1 is 1.40 bits per heavy atom. The van der Waals surface area contributed by atoms with E-state index < -0.39 is 23.4 Å². The van der Waals surface area contributed by atoms with Gasteiger partial charge >= 0.3 is 12.0 Å². The maximum absolute atomic E-state index is 13.5. The Labute approximate surface area is 124 Å². The van der Waals surface area contributed by atoms with Gasteiger partial charge in [0.15, 0.2) is 0 Å². The van der Waals surface area contributed by atoms with E-state index in [1.807, 2.05) is 0 Å². The van der Waals surface area contributed by atoms with Crippen molar-refractivity contribution in [1.29, 1.82) is 0 Å². The number of benzene rings is 1. The smallest absolute Gasteiger partial charge is 0.319 e. The fraction of sp³-hybridized carbons (Fsp3) is 0.385. The van der Waals surface area contributed by atoms with Gasteiger partial charge in [-0.1, -0.05) is 15.9 Å². The maximum Gasteiger partial charge on any atom is 0.319 e. The molecule has 0 fully saturated rings. The molecule has 3 N–H and O–H groups in total. The molecule has 0 aliphatic rings. The van der Waals surface area contributed by atoms with E-state index in [-0.39, 0.29) is 18.5 Å². The van der Waals surface area contributed by atoms with Gasteiger partial charge < -0.3 is 15.7 Å². The Balaban J connectivity index is 2.63. The maximum atomic E-state index is 13.5. The molecule has 0 heterocycles. The summed E-state index contributed by atoms with van der Waals surface area (Å²) in [6.07, 6.45) is 0.218. The van der Waals surface area contributed by atoms with Crippen LogP contribution < -0.4 is 10.6 Å². The van der Waals surface area contributed by atoms with Crippen LogP contribution in [0.5, 0.6) is 0 Å². The van der Waals surface area contributed by atoms with E-state index >= 15 is 0 Å². The molecule has 7 heteroatoms. The summed E-state index contributed by atoms with van der Waals surface area (Å²) in [5, 5.41) is 13.6. The van der Waals surface area contributed by atoms with Crippen LogP contribution in [-0.4, -0.2) is 22.6 Å². The number of carboxylic acids is 1. The highest BCUT2D eigenvalue weighted by atomic mass is 79.9. The number of aliphatic carboxylic acids is 1. The number of carbonyl (C=O) groups is 2. The van der Waals surface area contributed by atoms with Gasteiger partial charge in [-0.15, -0.1) is 0 Å². The largest absolute Gasteiger partial charge is 0.481 e. The molecule has 5 nitrogen and oxygen atoms in total. The highest BCUT2D eigenvalue weighted by Gasteiger charge is 2.22. The molecular weight excluding hydrogens is 331 g/mol. The van der Waals surface area contributed by atoms with Crippen LogP contribution in [0.3, 0.4) is 0 Å². The molecule has 2 amide bonds. The second-order valence-electron chi connectivity index (χ2n) is 4.98. The van der Waals surface area contributed by atoms with Crippen LogP contribution in [0.15, 0.2) is 22.7 Å². The number of anilines is 1. The van der Waals surface area contributed by atoms with Gasteiger partial charge in [0.2, 0.25) is 0 Å². The van der Waals surface area contributed by atoms with E-state index in [0.29, 0.717) is 4.47 Å². The molecule has 0 atom stereocenters. The van der Waals surface area contributed by atoms with Gasteiger partial charge in [-0.2, -0.15) is 0 Å². The Morgan fingerprint density at radius 2 is 2.05 bits per heavy atom. The van der Waals surface area contributed by atoms with Crippen molar-refractivity contribution in [3.63, 3.8) is 0 Å². The second kappa shape index (κ2) is 6.69. The first kappa shape index (κ1) is 16.4. The fourth-order valence-electron chi connectivity index (χ4n) is 1.54. The van der Waals surface area contributed by atoms with E-state index in [9.17, 15) is 14.0 Å². The van der Waals surface area contributed by atoms with Gasteiger partial charge in [0.1, 0.15) is 5.82 Å². The van der Waals surface area contributed by atoms with Gasteiger partial charge in [0, 0.05) is 16.4 Å². The predicted octanol–water partition coefficient (Wildman–Crippen LogP) is 3.35. The topological polar surface area (TPSA) is 78.4 Å². The van der Waals surface area contributed by atoms with Crippen LogP contribution in [0, 0.1) is 5.82 Å². The zero-order valence-corrected chi connectivity index (χ0v) is 12.8. The molecule has 110 valence electrons. The number of hydrogen-bond donors (Lipinski definition) is 3. The standard InChI is InChI=1S/C13H16BrFN2O3/c1-13(2,6-5-11(18)19)17-12(20)16-10-7-8(14)3-4-9(10)15/h3-4,7H,5-6H2,1-2H3,(H,18,19)(H2,16,17,20). The van der Waals surface area contributed by atoms with E-state index in [1.54, 1.807) is 13.8 Å². The predicted molar refractivity (Wildman–Crippen MR) is 77.2 cm³/mol. The van der Waals surface area contributed by atoms with Crippen LogP contribution >= 0.6 is 15.9 Å². The van der Waals surface area contributed by atoms with Crippen LogP contribution in [0.25, 0.3) is 0 Å². The normalized spacial score (nSPS) is 11.0. The third kappa shape index (κ3) is 5.56. The molecule has 0 bridgehead atoms. The molecule has 1 rings (SSSR count). The second-order valence-corrected chi connectivity index (χ2v) is 5.90. The first-order valence-electron chi connectivity index (χ1n) is 5.95. The molecule has 0 saturated carbocycles. The number of nitrogens with one attached hydrogen (secondary N) is 2. The minimum absolute atomic E-state index is 0.0471. The van der Waals surface area contributed by atoms with Gasteiger partial charge in [-0.3, -0.25) is 4.79 Å². The Hall–Kier alpha value is -1.63. The lowest BCUT2D eigenvalue weighted by Crippen LogP contribution is -2.45. The molecule has 20 heavy (non-hydrogen) atoms. The molecule has 0 aliphatic heterocycles. The Bertz CT molecular complexity index is 520. The lowest BCUT2D eigenvalue weighted by molar-refractivity contribution is -0.137. The monoisotopic (exact) mass is 346 g/mol. The highest BCUT2D eigenvalue weighted by molar-refractivity contribution is 9.10. The van der Waals surface area contributed by atoms with E-state index in [0.717, 1.165) is 0 Å². The van der Waals surface area contributed by atoms with Crippen molar-refractivity contribution in [2.24, 2.45) is 0 Å². The number of halogens is 2. The van der Waals surface area contributed by atoms with Crippen molar-refractivity contribution in [2.45, 2.75) is 32.2 Å². The third-order valence-electron chi connectivity index (χ3n) is 2.59. The number of urea groups is 1. The minimum Gasteiger partial charge on any atom is -0.481 e. The van der Waals surface area contributed by atoms with Crippen molar-refractivity contribution >= 4 is 33.6 Å². The van der Waals surface area contributed by atoms with Crippen LogP contribution in [0.4, 0.5) is 14.9 Å². The van der Waals surface area contributed by atoms with Gasteiger partial charge in [-0.25, -0.2) is 9.18 Å². The van der Waals surface area contributed by atoms with Crippen molar-refractivity contribution in [2.75, 3.05) is 5.32 Å². The average Bonchev–Trinajstić information content (AvgIpc) is 2.31. The third-order valence-corrected chi connectivity index (χ3v) is 3.09. The molecule has 0 unspecified atom stereocenters. The summed E-state index contributed by atoms with van der Waals surface area (Å²) in [5.74, 6) is -1.48. The lowest BCUT2D eigenvalue weighted by atomic mass is 9.99. The summed E-state index contributed by atoms with van der Waals surface area (Å²) in [4.78, 5) is 22.3. The van der Waals surface area contributed by atoms with Crippen molar-refractivity contribution in [3.05, 3.63) is 28.5 Å². The number of hydrogen-bond acceptors (Lipinski definition) is 2. The summed E-state index contributed by atoms with van der Waals surface area (Å²) in [5.41, 5.74) is -0.656. The quantitative estimate of drug-likeness (QED) is 0.764. The van der Waals surface area contributed by atoms with Gasteiger partial charge in [0.25, 0.3) is 0 Å². The number of carbonyl (C=O) groups excluding carboxylic acids is 1. The molecule has 0 saturated heterocycles. The van der Waals surface area contributed by atoms with E-state index in [4.69, 9.17) is 5.11 Å². The Morgan fingerprint density at radius 3 is 2.65 bits per heavy atom. The van der Waals surface area contributed by atoms with Crippen molar-refractivity contribution in [3.8, 4) is 0 Å². The van der Waals surface area contributed by atoms with Gasteiger partial charge in [-0.05, 0) is 38.5 Å². The summed E-state index contributed by atoms with van der Waals surface area (Å²) in [6.45, 7) is 3.40. The first-order valence-corrected chi connectivity index (χ1v) is 6.75. The van der Waals surface area contributed by atoms with Gasteiger partial charge in [0.05, 0.1) is 5.69 Å². The zero-order valence-electron chi connectivity index (χ0n) is 11.2. The number of rotatable bonds is 5. The molecule has 0 aliphatic carbocycles. The summed E-state index contributed by atoms with van der Waals surface area (Å²) in [6, 6.07) is 3.61. The number of amides is 2. The van der Waals surface area contributed by atoms with Crippen LogP contribution in [0.2, 0.25) is 0 Å². The molecule has 0 spiro atoms. The van der Waals surface area contributed by atoms with Crippen LogP contribution in [0.1, 0.15) is 26.7 Å². The summed E-state index contributed by atoms with van der Waals surface area (Å²) < 4.78 is 14.1. The molecule has 0 radical (unpaired) electrons. The van der Waals surface area contributed by atoms with E-state index in [2.05, 4.69) is 26.6 Å². The van der Waals surface area contributed by atoms with E-state index in [1.165, 1.54) is 18.2 Å². The molecule has 1 aromatic rings. The summed E-state index contributed by atoms with van der Waals surface area (Å²) in [7, 11) is 0.